The molecule has 1 fully saturated rings. The van der Waals surface area contributed by atoms with E-state index in [1.165, 1.54) is 81.3 Å². The molecule has 0 saturated carbocycles. The third kappa shape index (κ3) is 5.64. The van der Waals surface area contributed by atoms with E-state index in [-0.39, 0.29) is 0 Å². The fraction of sp³-hybridized carbons (Fsp3) is 0.700. The molecule has 0 spiro atoms. The second-order valence-corrected chi connectivity index (χ2v) is 7.05. The van der Waals surface area contributed by atoms with Gasteiger partial charge in [0.15, 0.2) is 0 Å². The Balaban J connectivity index is 1.56. The van der Waals surface area contributed by atoms with Crippen molar-refractivity contribution in [1.82, 2.24) is 0 Å². The van der Waals surface area contributed by atoms with Gasteiger partial charge in [-0.3, -0.25) is 0 Å². The highest BCUT2D eigenvalue weighted by Gasteiger charge is 2.12. The molecule has 2 nitrogen and oxygen atoms in total. The van der Waals surface area contributed by atoms with Crippen LogP contribution in [0.1, 0.15) is 61.6 Å². The lowest BCUT2D eigenvalue weighted by Crippen LogP contribution is -3.12. The monoisotopic (exact) mass is 304 g/mol. The number of ether oxygens (including phenoxy) is 1. The average molecular weight is 304 g/mol. The number of piperidine rings is 1. The quantitative estimate of drug-likeness (QED) is 0.724. The second-order valence-electron chi connectivity index (χ2n) is 7.05. The van der Waals surface area contributed by atoms with E-state index >= 15 is 0 Å². The topological polar surface area (TPSA) is 13.7 Å². The summed E-state index contributed by atoms with van der Waals surface area (Å²) in [4.78, 5) is 1.84. The maximum absolute atomic E-state index is 6.01. The van der Waals surface area contributed by atoms with Crippen LogP contribution in [-0.4, -0.2) is 26.2 Å². The molecule has 1 aliphatic heterocycles. The van der Waals surface area contributed by atoms with E-state index in [9.17, 15) is 0 Å². The van der Waals surface area contributed by atoms with Gasteiger partial charge < -0.3 is 9.64 Å². The van der Waals surface area contributed by atoms with Crippen molar-refractivity contribution in [3.8, 4) is 5.75 Å². The summed E-state index contributed by atoms with van der Waals surface area (Å²) in [6, 6.07) is 4.42. The van der Waals surface area contributed by atoms with Crippen molar-refractivity contribution in [2.75, 3.05) is 26.2 Å². The number of unbranched alkanes of at least 4 members (excludes halogenated alkanes) is 3. The molecule has 124 valence electrons. The second kappa shape index (κ2) is 9.19. The van der Waals surface area contributed by atoms with Crippen molar-refractivity contribution in [2.24, 2.45) is 0 Å². The maximum Gasteiger partial charge on any atom is 0.125 e. The number of hydrogen-bond donors (Lipinski definition) is 1. The molecule has 1 aliphatic rings. The van der Waals surface area contributed by atoms with E-state index in [1.54, 1.807) is 0 Å². The number of hydrogen-bond acceptors (Lipinski definition) is 1. The minimum Gasteiger partial charge on any atom is -0.493 e. The van der Waals surface area contributed by atoms with E-state index < -0.39 is 0 Å². The summed E-state index contributed by atoms with van der Waals surface area (Å²) in [5.74, 6) is 1.10. The van der Waals surface area contributed by atoms with E-state index in [4.69, 9.17) is 4.74 Å². The summed E-state index contributed by atoms with van der Waals surface area (Å²) in [7, 11) is 0. The first-order valence-corrected chi connectivity index (χ1v) is 9.21. The predicted octanol–water partition coefficient (Wildman–Crippen LogP) is 3.62. The van der Waals surface area contributed by atoms with Crippen LogP contribution in [0.5, 0.6) is 5.75 Å². The number of benzene rings is 1. The Hall–Kier alpha value is -1.02. The first-order chi connectivity index (χ1) is 10.7. The minimum atomic E-state index is 0.862. The highest BCUT2D eigenvalue weighted by atomic mass is 16.5. The standard InChI is InChI=1S/C20H33NO/c1-17-15-18(2)20(19(3)16-17)22-14-10-5-4-7-11-21-12-8-6-9-13-21/h15-16H,4-14H2,1-3H3/p+1. The molecule has 1 aromatic rings. The predicted molar refractivity (Wildman–Crippen MR) is 94.0 cm³/mol. The van der Waals surface area contributed by atoms with Gasteiger partial charge in [-0.05, 0) is 76.8 Å². The zero-order valence-corrected chi connectivity index (χ0v) is 14.8. The Morgan fingerprint density at radius 3 is 2.18 bits per heavy atom. The maximum atomic E-state index is 6.01. The number of nitrogens with one attached hydrogen (secondary N) is 1. The van der Waals surface area contributed by atoms with E-state index in [1.807, 2.05) is 4.90 Å². The molecular weight excluding hydrogens is 270 g/mol. The third-order valence-electron chi connectivity index (χ3n) is 4.84. The van der Waals surface area contributed by atoms with Crippen LogP contribution in [0.4, 0.5) is 0 Å². The highest BCUT2D eigenvalue weighted by molar-refractivity contribution is 5.42. The van der Waals surface area contributed by atoms with Crippen molar-refractivity contribution in [1.29, 1.82) is 0 Å². The molecular formula is C20H34NO+. The first kappa shape index (κ1) is 17.3. The van der Waals surface area contributed by atoms with Gasteiger partial charge in [-0.15, -0.1) is 0 Å². The molecule has 2 rings (SSSR count). The molecule has 0 unspecified atom stereocenters. The molecule has 0 bridgehead atoms. The van der Waals surface area contributed by atoms with Crippen molar-refractivity contribution < 1.29 is 9.64 Å². The molecule has 1 heterocycles. The van der Waals surface area contributed by atoms with Crippen LogP contribution >= 0.6 is 0 Å². The molecule has 2 heteroatoms. The zero-order chi connectivity index (χ0) is 15.8. The Morgan fingerprint density at radius 1 is 0.864 bits per heavy atom. The van der Waals surface area contributed by atoms with Crippen LogP contribution in [-0.2, 0) is 0 Å². The van der Waals surface area contributed by atoms with Gasteiger partial charge in [0.05, 0.1) is 26.2 Å². The third-order valence-corrected chi connectivity index (χ3v) is 4.84. The Morgan fingerprint density at radius 2 is 1.50 bits per heavy atom. The van der Waals surface area contributed by atoms with E-state index in [2.05, 4.69) is 32.9 Å². The molecule has 0 amide bonds. The molecule has 1 aromatic carbocycles. The van der Waals surface area contributed by atoms with Gasteiger partial charge in [-0.2, -0.15) is 0 Å². The van der Waals surface area contributed by atoms with Crippen LogP contribution in [0.25, 0.3) is 0 Å². The van der Waals surface area contributed by atoms with Gasteiger partial charge in [0, 0.05) is 0 Å². The summed E-state index contributed by atoms with van der Waals surface area (Å²) >= 11 is 0. The van der Waals surface area contributed by atoms with E-state index in [0.29, 0.717) is 0 Å². The van der Waals surface area contributed by atoms with Crippen molar-refractivity contribution >= 4 is 0 Å². The van der Waals surface area contributed by atoms with Crippen molar-refractivity contribution in [3.05, 3.63) is 28.8 Å². The normalized spacial score (nSPS) is 16.0. The molecule has 0 aliphatic carbocycles. The van der Waals surface area contributed by atoms with Crippen LogP contribution in [0.3, 0.4) is 0 Å². The van der Waals surface area contributed by atoms with Crippen LogP contribution in [0.15, 0.2) is 12.1 Å². The lowest BCUT2D eigenvalue weighted by Gasteiger charge is -2.23. The number of quaternary nitrogens is 1. The van der Waals surface area contributed by atoms with Gasteiger partial charge >= 0.3 is 0 Å². The SMILES string of the molecule is Cc1cc(C)c(OCCCCCC[NH+]2CCCCC2)c(C)c1. The van der Waals surface area contributed by atoms with Crippen molar-refractivity contribution in [2.45, 2.75) is 65.7 Å². The first-order valence-electron chi connectivity index (χ1n) is 9.21. The molecule has 22 heavy (non-hydrogen) atoms. The van der Waals surface area contributed by atoms with Crippen molar-refractivity contribution in [3.63, 3.8) is 0 Å². The van der Waals surface area contributed by atoms with Gasteiger partial charge in [0.2, 0.25) is 0 Å². The fourth-order valence-corrected chi connectivity index (χ4v) is 3.70. The van der Waals surface area contributed by atoms with Gasteiger partial charge in [-0.1, -0.05) is 17.7 Å². The molecule has 1 saturated heterocycles. The number of rotatable bonds is 8. The Labute approximate surface area is 136 Å². The van der Waals surface area contributed by atoms with Crippen LogP contribution in [0, 0.1) is 20.8 Å². The van der Waals surface area contributed by atoms with Crippen LogP contribution < -0.4 is 9.64 Å². The van der Waals surface area contributed by atoms with Crippen LogP contribution in [0.2, 0.25) is 0 Å². The minimum absolute atomic E-state index is 0.862. The number of aryl methyl sites for hydroxylation is 3. The smallest absolute Gasteiger partial charge is 0.125 e. The summed E-state index contributed by atoms with van der Waals surface area (Å²) in [6.07, 6.45) is 9.57. The lowest BCUT2D eigenvalue weighted by molar-refractivity contribution is -0.905. The average Bonchev–Trinajstić information content (AvgIpc) is 2.49. The summed E-state index contributed by atoms with van der Waals surface area (Å²) in [5, 5.41) is 0. The summed E-state index contributed by atoms with van der Waals surface area (Å²) in [6.45, 7) is 11.5. The number of likely N-dealkylation sites (tertiary alicyclic amines) is 1. The Bertz CT molecular complexity index is 426. The summed E-state index contributed by atoms with van der Waals surface area (Å²) in [5.41, 5.74) is 3.86. The van der Waals surface area contributed by atoms with Gasteiger partial charge in [0.25, 0.3) is 0 Å². The molecule has 1 N–H and O–H groups in total. The molecule has 0 aromatic heterocycles. The molecule has 0 atom stereocenters. The lowest BCUT2D eigenvalue weighted by atomic mass is 10.1. The van der Waals surface area contributed by atoms with E-state index in [0.717, 1.165) is 12.4 Å². The molecule has 0 radical (unpaired) electrons. The fourth-order valence-electron chi connectivity index (χ4n) is 3.70. The largest absolute Gasteiger partial charge is 0.493 e. The summed E-state index contributed by atoms with van der Waals surface area (Å²) < 4.78 is 6.01. The van der Waals surface area contributed by atoms with Gasteiger partial charge in [0.1, 0.15) is 5.75 Å². The zero-order valence-electron chi connectivity index (χ0n) is 14.8. The van der Waals surface area contributed by atoms with Gasteiger partial charge in [-0.25, -0.2) is 0 Å². The Kier molecular flexibility index (Phi) is 7.24. The highest BCUT2D eigenvalue weighted by Crippen LogP contribution is 2.24.